The van der Waals surface area contributed by atoms with E-state index < -0.39 is 5.97 Å². The molecule has 1 N–H and O–H groups in total. The molecule has 0 spiro atoms. The number of likely N-dealkylation sites (tertiary alicyclic amines) is 1. The van der Waals surface area contributed by atoms with Crippen molar-refractivity contribution in [2.75, 3.05) is 56.7 Å². The summed E-state index contributed by atoms with van der Waals surface area (Å²) in [5, 5.41) is 3.58. The van der Waals surface area contributed by atoms with Crippen LogP contribution in [0.3, 0.4) is 0 Å². The van der Waals surface area contributed by atoms with Crippen LogP contribution in [0.15, 0.2) is 72.8 Å². The molecule has 11 nitrogen and oxygen atoms in total. The Kier molecular flexibility index (Phi) is 12.6. The van der Waals surface area contributed by atoms with Gasteiger partial charge in [-0.3, -0.25) is 19.8 Å². The van der Waals surface area contributed by atoms with Crippen molar-refractivity contribution < 1.29 is 28.6 Å². The number of anilines is 2. The van der Waals surface area contributed by atoms with Crippen LogP contribution < -0.4 is 15.0 Å². The highest BCUT2D eigenvalue weighted by atomic mass is 32.1. The van der Waals surface area contributed by atoms with Gasteiger partial charge in [-0.2, -0.15) is 0 Å². The summed E-state index contributed by atoms with van der Waals surface area (Å²) < 4.78 is 17.9. The molecule has 3 aromatic carbocycles. The maximum absolute atomic E-state index is 13.7. The highest BCUT2D eigenvalue weighted by Gasteiger charge is 2.27. The number of nitrogens with zero attached hydrogens (tertiary/aromatic N) is 4. The van der Waals surface area contributed by atoms with Gasteiger partial charge in [0.05, 0.1) is 37.1 Å². The Bertz CT molecular complexity index is 2170. The van der Waals surface area contributed by atoms with E-state index in [1.807, 2.05) is 73.7 Å². The number of pyridine rings is 1. The third-order valence-corrected chi connectivity index (χ3v) is 11.7. The average Bonchev–Trinajstić information content (AvgIpc) is 3.85. The maximum atomic E-state index is 13.7. The number of carbonyl (C=O) groups excluding carboxylic acids is 3. The average molecular weight is 776 g/mol. The standard InChI is InChI=1S/C44H49N5O6S/c1-4-5-24-55-43(52)41-33(32-13-9-16-37(29(32)2)54-25-10-11-30-20-22-48(26-30)28-40(50)53-3)18-19-39(46-41)49-23-21-31-12-8-14-34(35(31)27-49)42(51)47-44-45-36-15-6-7-17-38(36)56-44/h6-9,12-19,30H,4-5,10-11,20-28H2,1-3H3,(H,45,47,51). The van der Waals surface area contributed by atoms with Crippen LogP contribution >= 0.6 is 11.3 Å². The minimum atomic E-state index is -0.466. The molecule has 2 aliphatic rings. The summed E-state index contributed by atoms with van der Waals surface area (Å²) in [6, 6.07) is 23.5. The van der Waals surface area contributed by atoms with Crippen molar-refractivity contribution in [2.45, 2.75) is 58.9 Å². The zero-order chi connectivity index (χ0) is 39.0. The zero-order valence-corrected chi connectivity index (χ0v) is 33.2. The molecule has 292 valence electrons. The van der Waals surface area contributed by atoms with Crippen molar-refractivity contribution in [3.63, 3.8) is 0 Å². The molecule has 5 aromatic rings. The number of rotatable bonds is 15. The van der Waals surface area contributed by atoms with E-state index in [1.54, 1.807) is 0 Å². The summed E-state index contributed by atoms with van der Waals surface area (Å²) >= 11 is 1.45. The highest BCUT2D eigenvalue weighted by molar-refractivity contribution is 7.22. The number of carbonyl (C=O) groups is 3. The Morgan fingerprint density at radius 3 is 2.62 bits per heavy atom. The van der Waals surface area contributed by atoms with Crippen LogP contribution in [0.1, 0.15) is 76.6 Å². The molecular formula is C44H49N5O6S. The second kappa shape index (κ2) is 18.1. The van der Waals surface area contributed by atoms with Crippen LogP contribution in [0, 0.1) is 12.8 Å². The zero-order valence-electron chi connectivity index (χ0n) is 32.3. The van der Waals surface area contributed by atoms with Gasteiger partial charge in [0.25, 0.3) is 5.91 Å². The fourth-order valence-corrected chi connectivity index (χ4v) is 8.47. The van der Waals surface area contributed by atoms with Crippen molar-refractivity contribution in [1.29, 1.82) is 0 Å². The van der Waals surface area contributed by atoms with Crippen LogP contribution in [0.4, 0.5) is 10.9 Å². The molecule has 56 heavy (non-hydrogen) atoms. The first-order valence-corrected chi connectivity index (χ1v) is 20.4. The lowest BCUT2D eigenvalue weighted by atomic mass is 9.94. The van der Waals surface area contributed by atoms with Crippen LogP contribution in [-0.2, 0) is 27.2 Å². The summed E-state index contributed by atoms with van der Waals surface area (Å²) in [5.41, 5.74) is 6.21. The lowest BCUT2D eigenvalue weighted by molar-refractivity contribution is -0.141. The molecular weight excluding hydrogens is 727 g/mol. The first-order chi connectivity index (χ1) is 27.3. The summed E-state index contributed by atoms with van der Waals surface area (Å²) in [6.45, 7) is 8.24. The molecule has 1 saturated heterocycles. The Labute approximate surface area is 332 Å². The predicted octanol–water partition coefficient (Wildman–Crippen LogP) is 8.09. The lowest BCUT2D eigenvalue weighted by Gasteiger charge is -2.31. The number of fused-ring (bicyclic) bond motifs is 2. The summed E-state index contributed by atoms with van der Waals surface area (Å²) in [4.78, 5) is 52.9. The monoisotopic (exact) mass is 775 g/mol. The fourth-order valence-electron chi connectivity index (χ4n) is 7.61. The van der Waals surface area contributed by atoms with Gasteiger partial charge in [0.1, 0.15) is 11.6 Å². The Balaban J connectivity index is 1.07. The molecule has 1 amide bonds. The Hall–Kier alpha value is -5.33. The summed E-state index contributed by atoms with van der Waals surface area (Å²) in [6.07, 6.45) is 5.37. The molecule has 1 unspecified atom stereocenters. The number of ether oxygens (including phenoxy) is 3. The normalized spacial score (nSPS) is 15.4. The minimum absolute atomic E-state index is 0.193. The molecule has 0 radical (unpaired) electrons. The van der Waals surface area contributed by atoms with Crippen molar-refractivity contribution in [1.82, 2.24) is 14.9 Å². The van der Waals surface area contributed by atoms with Gasteiger partial charge in [0, 0.05) is 30.8 Å². The Morgan fingerprint density at radius 1 is 0.929 bits per heavy atom. The highest BCUT2D eigenvalue weighted by Crippen LogP contribution is 2.35. The van der Waals surface area contributed by atoms with E-state index in [9.17, 15) is 14.4 Å². The molecule has 0 saturated carbocycles. The number of benzene rings is 3. The van der Waals surface area contributed by atoms with E-state index in [2.05, 4.69) is 33.1 Å². The minimum Gasteiger partial charge on any atom is -0.493 e. The quantitative estimate of drug-likeness (QED) is 0.0825. The number of unbranched alkanes of at least 4 members (excludes halogenated alkanes) is 1. The first-order valence-electron chi connectivity index (χ1n) is 19.5. The predicted molar refractivity (Wildman–Crippen MR) is 220 cm³/mol. The summed E-state index contributed by atoms with van der Waals surface area (Å²) in [5.74, 6) is 1.08. The van der Waals surface area contributed by atoms with Gasteiger partial charge in [-0.15, -0.1) is 0 Å². The molecule has 2 aliphatic heterocycles. The van der Waals surface area contributed by atoms with Gasteiger partial charge in [-0.25, -0.2) is 14.8 Å². The van der Waals surface area contributed by atoms with E-state index in [0.717, 1.165) is 89.8 Å². The third-order valence-electron chi connectivity index (χ3n) is 10.7. The second-order valence-electron chi connectivity index (χ2n) is 14.5. The maximum Gasteiger partial charge on any atom is 0.357 e. The number of hydrogen-bond acceptors (Lipinski definition) is 11. The van der Waals surface area contributed by atoms with Crippen molar-refractivity contribution >= 4 is 50.3 Å². The lowest BCUT2D eigenvalue weighted by Crippen LogP contribution is -2.33. The smallest absolute Gasteiger partial charge is 0.357 e. The van der Waals surface area contributed by atoms with Gasteiger partial charge in [-0.05, 0) is 110 Å². The largest absolute Gasteiger partial charge is 0.493 e. The van der Waals surface area contributed by atoms with E-state index in [-0.39, 0.29) is 17.6 Å². The second-order valence-corrected chi connectivity index (χ2v) is 15.5. The molecule has 4 heterocycles. The van der Waals surface area contributed by atoms with Crippen LogP contribution in [0.25, 0.3) is 21.3 Å². The van der Waals surface area contributed by atoms with Crippen molar-refractivity contribution in [3.8, 4) is 16.9 Å². The third kappa shape index (κ3) is 9.03. The Morgan fingerprint density at radius 2 is 1.79 bits per heavy atom. The van der Waals surface area contributed by atoms with Gasteiger partial charge in [0.2, 0.25) is 0 Å². The molecule has 0 aliphatic carbocycles. The number of methoxy groups -OCH3 is 1. The van der Waals surface area contributed by atoms with Gasteiger partial charge >= 0.3 is 11.9 Å². The number of thiazole rings is 1. The molecule has 7 rings (SSSR count). The van der Waals surface area contributed by atoms with Gasteiger partial charge < -0.3 is 19.1 Å². The van der Waals surface area contributed by atoms with Crippen LogP contribution in [0.5, 0.6) is 5.75 Å². The van der Waals surface area contributed by atoms with Crippen molar-refractivity contribution in [2.24, 2.45) is 5.92 Å². The molecule has 2 aromatic heterocycles. The van der Waals surface area contributed by atoms with E-state index >= 15 is 0 Å². The number of hydrogen-bond donors (Lipinski definition) is 1. The SMILES string of the molecule is CCCCOC(=O)c1nc(N2CCc3cccc(C(=O)Nc4nc5ccccc5s4)c3C2)ccc1-c1cccc(OCCCC2CCN(CC(=O)OC)C2)c1C. The van der Waals surface area contributed by atoms with E-state index in [1.165, 1.54) is 18.4 Å². The number of amides is 1. The molecule has 1 atom stereocenters. The molecule has 1 fully saturated rings. The number of aromatic nitrogens is 2. The van der Waals surface area contributed by atoms with Gasteiger partial charge in [0.15, 0.2) is 10.8 Å². The van der Waals surface area contributed by atoms with E-state index in [4.69, 9.17) is 19.2 Å². The van der Waals surface area contributed by atoms with Crippen molar-refractivity contribution in [3.05, 3.63) is 101 Å². The number of nitrogens with one attached hydrogen (secondary N) is 1. The van der Waals surface area contributed by atoms with E-state index in [0.29, 0.717) is 60.8 Å². The van der Waals surface area contributed by atoms with Gasteiger partial charge in [-0.1, -0.05) is 61.1 Å². The summed E-state index contributed by atoms with van der Waals surface area (Å²) in [7, 11) is 1.43. The fraction of sp³-hybridized carbons (Fsp3) is 0.386. The first kappa shape index (κ1) is 38.9. The topological polar surface area (TPSA) is 123 Å². The molecule has 0 bridgehead atoms. The molecule has 12 heteroatoms. The van der Waals surface area contributed by atoms with Crippen LogP contribution in [-0.4, -0.2) is 79.2 Å². The number of esters is 2. The van der Waals surface area contributed by atoms with Crippen LogP contribution in [0.2, 0.25) is 0 Å². The number of para-hydroxylation sites is 1.